The van der Waals surface area contributed by atoms with Crippen LogP contribution >= 0.6 is 0 Å². The van der Waals surface area contributed by atoms with E-state index in [1.807, 2.05) is 6.07 Å². The van der Waals surface area contributed by atoms with Gasteiger partial charge in [-0.3, -0.25) is 4.90 Å². The van der Waals surface area contributed by atoms with Crippen molar-refractivity contribution in [2.45, 2.75) is 73.6 Å². The molecule has 4 unspecified atom stereocenters. The molecule has 3 saturated heterocycles. The highest BCUT2D eigenvalue weighted by molar-refractivity contribution is 5.63. The van der Waals surface area contributed by atoms with Gasteiger partial charge in [-0.1, -0.05) is 6.07 Å². The highest BCUT2D eigenvalue weighted by Crippen LogP contribution is 2.67. The van der Waals surface area contributed by atoms with Crippen LogP contribution in [-0.2, 0) is 26.0 Å². The number of likely N-dealkylation sites (tertiary alicyclic amines) is 1. The molecule has 7 heteroatoms. The first-order valence-corrected chi connectivity index (χ1v) is 11.7. The van der Waals surface area contributed by atoms with Crippen molar-refractivity contribution in [1.82, 2.24) is 4.90 Å². The summed E-state index contributed by atoms with van der Waals surface area (Å²) in [6, 6.07) is 6.25. The summed E-state index contributed by atoms with van der Waals surface area (Å²) in [4.78, 5) is 2.46. The molecular formula is C24H28N2O5. The molecule has 0 amide bonds. The molecular weight excluding hydrogens is 396 g/mol. The second-order valence-electron chi connectivity index (χ2n) is 10.1. The number of nitrogens with zero attached hydrogens (tertiary/aromatic N) is 2. The number of hydrogen-bond acceptors (Lipinski definition) is 7. The van der Waals surface area contributed by atoms with Crippen LogP contribution in [0.3, 0.4) is 0 Å². The molecule has 2 aliphatic carbocycles. The Bertz CT molecular complexity index is 979. The van der Waals surface area contributed by atoms with Crippen LogP contribution in [0.15, 0.2) is 12.1 Å². The van der Waals surface area contributed by atoms with Crippen LogP contribution in [0.4, 0.5) is 0 Å². The Labute approximate surface area is 181 Å². The van der Waals surface area contributed by atoms with E-state index >= 15 is 0 Å². The zero-order valence-corrected chi connectivity index (χ0v) is 17.6. The van der Waals surface area contributed by atoms with Crippen LogP contribution in [-0.4, -0.2) is 72.6 Å². The van der Waals surface area contributed by atoms with Crippen molar-refractivity contribution < 1.29 is 24.1 Å². The maximum absolute atomic E-state index is 12.5. The van der Waals surface area contributed by atoms with Gasteiger partial charge in [-0.25, -0.2) is 0 Å². The lowest BCUT2D eigenvalue weighted by Crippen LogP contribution is -2.79. The molecule has 0 radical (unpaired) electrons. The first-order valence-electron chi connectivity index (χ1n) is 11.7. The van der Waals surface area contributed by atoms with Gasteiger partial charge in [-0.05, 0) is 50.3 Å². The van der Waals surface area contributed by atoms with E-state index in [1.54, 1.807) is 0 Å². The summed E-state index contributed by atoms with van der Waals surface area (Å²) in [6.07, 6.45) is 4.77. The van der Waals surface area contributed by atoms with Crippen LogP contribution < -0.4 is 4.74 Å². The van der Waals surface area contributed by atoms with Crippen molar-refractivity contribution in [2.75, 3.05) is 32.9 Å². The quantitative estimate of drug-likeness (QED) is 0.773. The second-order valence-corrected chi connectivity index (χ2v) is 10.1. The predicted molar refractivity (Wildman–Crippen MR) is 109 cm³/mol. The molecule has 2 spiro atoms. The predicted octanol–water partition coefficient (Wildman–Crippen LogP) is 1.63. The fourth-order valence-electron chi connectivity index (χ4n) is 7.73. The molecule has 7 nitrogen and oxygen atoms in total. The van der Waals surface area contributed by atoms with Gasteiger partial charge in [0.25, 0.3) is 0 Å². The number of rotatable bonds is 2. The van der Waals surface area contributed by atoms with Gasteiger partial charge in [0.2, 0.25) is 5.79 Å². The molecule has 4 heterocycles. The molecule has 1 aromatic rings. The van der Waals surface area contributed by atoms with E-state index in [9.17, 15) is 10.4 Å². The highest BCUT2D eigenvalue weighted by atomic mass is 16.8. The molecule has 4 aliphatic heterocycles. The largest absolute Gasteiger partial charge is 0.482 e. The summed E-state index contributed by atoms with van der Waals surface area (Å²) in [7, 11) is 0. The number of fused-ring (bicyclic) bond motifs is 1. The normalized spacial score (nSPS) is 41.7. The van der Waals surface area contributed by atoms with E-state index in [1.165, 1.54) is 5.56 Å². The molecule has 0 aromatic heterocycles. The van der Waals surface area contributed by atoms with Crippen molar-refractivity contribution in [2.24, 2.45) is 0 Å². The Morgan fingerprint density at radius 3 is 2.81 bits per heavy atom. The Morgan fingerprint density at radius 2 is 2.03 bits per heavy atom. The van der Waals surface area contributed by atoms with E-state index in [0.717, 1.165) is 50.9 Å². The van der Waals surface area contributed by atoms with Crippen molar-refractivity contribution in [3.63, 3.8) is 0 Å². The van der Waals surface area contributed by atoms with Crippen LogP contribution in [0.25, 0.3) is 0 Å². The zero-order valence-electron chi connectivity index (χ0n) is 17.6. The summed E-state index contributed by atoms with van der Waals surface area (Å²) in [6.45, 7) is 3.66. The SMILES string of the molecule is N#Cc1ccc2c3c1OC1C4(CCC5(O)[C@@H](C2)N(CC2CCCO2)CCC315)OCCO4. The van der Waals surface area contributed by atoms with Gasteiger partial charge in [0, 0.05) is 31.2 Å². The van der Waals surface area contributed by atoms with Crippen molar-refractivity contribution in [3.8, 4) is 11.8 Å². The second kappa shape index (κ2) is 6.21. The molecule has 31 heavy (non-hydrogen) atoms. The smallest absolute Gasteiger partial charge is 0.207 e. The lowest BCUT2D eigenvalue weighted by Gasteiger charge is -2.65. The first-order chi connectivity index (χ1) is 15.1. The van der Waals surface area contributed by atoms with Crippen molar-refractivity contribution >= 4 is 0 Å². The Morgan fingerprint density at radius 1 is 1.16 bits per heavy atom. The van der Waals surface area contributed by atoms with E-state index in [-0.39, 0.29) is 12.1 Å². The number of aliphatic hydroxyl groups is 1. The Hall–Kier alpha value is -1.69. The number of piperidine rings is 1. The third-order valence-corrected chi connectivity index (χ3v) is 8.96. The summed E-state index contributed by atoms with van der Waals surface area (Å²) < 4.78 is 24.9. The number of ether oxygens (including phenoxy) is 4. The zero-order chi connectivity index (χ0) is 20.8. The summed E-state index contributed by atoms with van der Waals surface area (Å²) in [5.41, 5.74) is 1.23. The van der Waals surface area contributed by atoms with E-state index < -0.39 is 22.9 Å². The van der Waals surface area contributed by atoms with Gasteiger partial charge in [-0.2, -0.15) is 5.26 Å². The molecule has 1 aromatic carbocycles. The maximum Gasteiger partial charge on any atom is 0.207 e. The van der Waals surface area contributed by atoms with Gasteiger partial charge in [0.15, 0.2) is 6.10 Å². The van der Waals surface area contributed by atoms with Crippen LogP contribution in [0.1, 0.15) is 48.8 Å². The molecule has 1 saturated carbocycles. The van der Waals surface area contributed by atoms with Gasteiger partial charge in [0.05, 0.1) is 35.9 Å². The van der Waals surface area contributed by atoms with Gasteiger partial charge >= 0.3 is 0 Å². The average Bonchev–Trinajstić information content (AvgIpc) is 3.51. The minimum absolute atomic E-state index is 0.00156. The lowest BCUT2D eigenvalue weighted by atomic mass is 9.48. The molecule has 7 rings (SSSR count). The van der Waals surface area contributed by atoms with Crippen LogP contribution in [0.2, 0.25) is 0 Å². The van der Waals surface area contributed by atoms with Crippen molar-refractivity contribution in [1.29, 1.82) is 5.26 Å². The summed E-state index contributed by atoms with van der Waals surface area (Å²) in [5.74, 6) is -0.191. The van der Waals surface area contributed by atoms with Gasteiger partial charge in [-0.15, -0.1) is 0 Å². The number of benzene rings is 1. The fraction of sp³-hybridized carbons (Fsp3) is 0.708. The van der Waals surface area contributed by atoms with Gasteiger partial charge < -0.3 is 24.1 Å². The number of nitriles is 1. The average molecular weight is 424 g/mol. The lowest BCUT2D eigenvalue weighted by molar-refractivity contribution is -0.297. The summed E-state index contributed by atoms with van der Waals surface area (Å²) in [5, 5.41) is 22.3. The highest BCUT2D eigenvalue weighted by Gasteiger charge is 2.77. The van der Waals surface area contributed by atoms with E-state index in [4.69, 9.17) is 18.9 Å². The summed E-state index contributed by atoms with van der Waals surface area (Å²) >= 11 is 0. The monoisotopic (exact) mass is 424 g/mol. The topological polar surface area (TPSA) is 84.2 Å². The van der Waals surface area contributed by atoms with E-state index in [0.29, 0.717) is 37.4 Å². The minimum Gasteiger partial charge on any atom is -0.482 e. The molecule has 5 atom stereocenters. The standard InChI is InChI=1S/C24H28N2O5/c25-13-16-4-3-15-12-18-23(27)5-6-24(29-10-11-30-24)21-22(23,19(15)20(16)31-21)7-8-26(18)14-17-2-1-9-28-17/h3-4,17-18,21,27H,1-2,5-12,14H2/t17?,18-,21?,22?,23?/m1/s1. The molecule has 1 N–H and O–H groups in total. The number of hydrogen-bond donors (Lipinski definition) is 1. The maximum atomic E-state index is 12.5. The Balaban J connectivity index is 1.40. The molecule has 164 valence electrons. The first kappa shape index (κ1) is 18.8. The molecule has 4 fully saturated rings. The molecule has 2 bridgehead atoms. The third kappa shape index (κ3) is 2.16. The van der Waals surface area contributed by atoms with Crippen LogP contribution in [0, 0.1) is 11.3 Å². The van der Waals surface area contributed by atoms with Crippen LogP contribution in [0.5, 0.6) is 5.75 Å². The fourth-order valence-corrected chi connectivity index (χ4v) is 7.73. The molecule has 6 aliphatic rings. The van der Waals surface area contributed by atoms with Crippen molar-refractivity contribution in [3.05, 3.63) is 28.8 Å². The van der Waals surface area contributed by atoms with Gasteiger partial charge in [0.1, 0.15) is 11.8 Å². The Kier molecular flexibility index (Phi) is 3.77. The van der Waals surface area contributed by atoms with E-state index in [2.05, 4.69) is 17.0 Å². The third-order valence-electron chi connectivity index (χ3n) is 8.96. The minimum atomic E-state index is -0.943.